The van der Waals surface area contributed by atoms with Gasteiger partial charge < -0.3 is 18.9 Å². The Morgan fingerprint density at radius 2 is 1.74 bits per heavy atom. The molecule has 0 aliphatic heterocycles. The fourth-order valence-corrected chi connectivity index (χ4v) is 4.78. The summed E-state index contributed by atoms with van der Waals surface area (Å²) in [6.07, 6.45) is 1.48. The number of hydrogen-bond donors (Lipinski definition) is 1. The predicted octanol–water partition coefficient (Wildman–Crippen LogP) is 6.59. The van der Waals surface area contributed by atoms with Crippen LogP contribution in [-0.2, 0) is 4.79 Å². The van der Waals surface area contributed by atoms with E-state index in [0.717, 1.165) is 17.0 Å². The van der Waals surface area contributed by atoms with Crippen molar-refractivity contribution in [2.45, 2.75) is 0 Å². The van der Waals surface area contributed by atoms with E-state index in [1.54, 1.807) is 19.2 Å². The van der Waals surface area contributed by atoms with Crippen LogP contribution in [0.3, 0.4) is 0 Å². The molecule has 0 saturated heterocycles. The van der Waals surface area contributed by atoms with Gasteiger partial charge in [0, 0.05) is 10.9 Å². The molecule has 3 aromatic carbocycles. The summed E-state index contributed by atoms with van der Waals surface area (Å²) in [6.45, 7) is 0.575. The maximum absolute atomic E-state index is 12.8. The van der Waals surface area contributed by atoms with Crippen molar-refractivity contribution in [3.63, 3.8) is 0 Å². The molecule has 4 rings (SSSR count). The standard InChI is InChI=1S/C29H24BrN3O5S/c1-35-22-8-10-23(11-9-22)37-12-13-38-27-24(30)15-19(16-26(27)36-2)14-21(17-31)28(34)33-29-32-25(18-39-29)20-6-4-3-5-7-20/h3-11,14-16,18H,12-13H2,1-2H3,(H,32,33,34). The number of anilines is 1. The Labute approximate surface area is 238 Å². The summed E-state index contributed by atoms with van der Waals surface area (Å²) in [4.78, 5) is 17.3. The Hall–Kier alpha value is -4.33. The molecular weight excluding hydrogens is 582 g/mol. The lowest BCUT2D eigenvalue weighted by Crippen LogP contribution is -2.13. The van der Waals surface area contributed by atoms with Crippen LogP contribution < -0.4 is 24.3 Å². The van der Waals surface area contributed by atoms with E-state index in [1.165, 1.54) is 24.5 Å². The molecule has 0 aliphatic rings. The summed E-state index contributed by atoms with van der Waals surface area (Å²) >= 11 is 4.79. The van der Waals surface area contributed by atoms with Crippen LogP contribution in [0, 0.1) is 11.3 Å². The topological polar surface area (TPSA) is 103 Å². The van der Waals surface area contributed by atoms with Crippen molar-refractivity contribution in [2.24, 2.45) is 0 Å². The lowest BCUT2D eigenvalue weighted by atomic mass is 10.1. The molecule has 198 valence electrons. The van der Waals surface area contributed by atoms with E-state index in [0.29, 0.717) is 39.0 Å². The second-order valence-electron chi connectivity index (χ2n) is 7.93. The van der Waals surface area contributed by atoms with E-state index in [-0.39, 0.29) is 12.2 Å². The molecule has 10 heteroatoms. The second-order valence-corrected chi connectivity index (χ2v) is 9.65. The number of nitriles is 1. The molecule has 4 aromatic rings. The summed E-state index contributed by atoms with van der Waals surface area (Å²) in [7, 11) is 3.12. The number of nitrogens with one attached hydrogen (secondary N) is 1. The molecule has 0 atom stereocenters. The molecule has 0 fully saturated rings. The first-order valence-corrected chi connectivity index (χ1v) is 13.4. The molecule has 1 N–H and O–H groups in total. The third-order valence-corrected chi connectivity index (χ3v) is 6.73. The fraction of sp³-hybridized carbons (Fsp3) is 0.138. The summed E-state index contributed by atoms with van der Waals surface area (Å²) in [5.41, 5.74) is 2.19. The number of carbonyl (C=O) groups excluding carboxylic acids is 1. The Kier molecular flexibility index (Phi) is 9.56. The quantitative estimate of drug-likeness (QED) is 0.117. The minimum Gasteiger partial charge on any atom is -0.497 e. The number of aromatic nitrogens is 1. The van der Waals surface area contributed by atoms with Gasteiger partial charge in [-0.3, -0.25) is 10.1 Å². The number of thiazole rings is 1. The van der Waals surface area contributed by atoms with E-state index in [9.17, 15) is 10.1 Å². The van der Waals surface area contributed by atoms with Crippen LogP contribution in [-0.4, -0.2) is 38.3 Å². The third-order valence-electron chi connectivity index (χ3n) is 5.38. The highest BCUT2D eigenvalue weighted by molar-refractivity contribution is 9.10. The molecule has 0 aliphatic carbocycles. The van der Waals surface area contributed by atoms with Crippen molar-refractivity contribution < 1.29 is 23.7 Å². The van der Waals surface area contributed by atoms with Crippen molar-refractivity contribution in [1.29, 1.82) is 5.26 Å². The summed E-state index contributed by atoms with van der Waals surface area (Å²) in [5, 5.41) is 14.6. The highest BCUT2D eigenvalue weighted by Crippen LogP contribution is 2.37. The third kappa shape index (κ3) is 7.37. The maximum Gasteiger partial charge on any atom is 0.268 e. The Bertz CT molecular complexity index is 1500. The van der Waals surface area contributed by atoms with Gasteiger partial charge in [0.1, 0.15) is 36.4 Å². The monoisotopic (exact) mass is 605 g/mol. The lowest BCUT2D eigenvalue weighted by Gasteiger charge is -2.14. The molecule has 8 nitrogen and oxygen atoms in total. The number of hydrogen-bond acceptors (Lipinski definition) is 8. The van der Waals surface area contributed by atoms with Gasteiger partial charge in [0.15, 0.2) is 16.6 Å². The van der Waals surface area contributed by atoms with Gasteiger partial charge in [0.2, 0.25) is 0 Å². The Morgan fingerprint density at radius 3 is 2.44 bits per heavy atom. The number of halogens is 1. The molecule has 0 radical (unpaired) electrons. The average molecular weight is 606 g/mol. The SMILES string of the molecule is COc1ccc(OCCOc2c(Br)cc(C=C(C#N)C(=O)Nc3nc(-c4ccccc4)cs3)cc2OC)cc1. The lowest BCUT2D eigenvalue weighted by molar-refractivity contribution is -0.112. The maximum atomic E-state index is 12.8. The van der Waals surface area contributed by atoms with Crippen LogP contribution >= 0.6 is 27.3 Å². The van der Waals surface area contributed by atoms with Gasteiger partial charge >= 0.3 is 0 Å². The summed E-state index contributed by atoms with van der Waals surface area (Å²) in [6, 6.07) is 22.3. The van der Waals surface area contributed by atoms with Crippen LogP contribution in [0.5, 0.6) is 23.0 Å². The molecule has 0 bridgehead atoms. The summed E-state index contributed by atoms with van der Waals surface area (Å²) in [5.74, 6) is 1.80. The molecule has 1 heterocycles. The van der Waals surface area contributed by atoms with Crippen molar-refractivity contribution in [1.82, 2.24) is 4.98 Å². The zero-order valence-corrected chi connectivity index (χ0v) is 23.5. The van der Waals surface area contributed by atoms with Gasteiger partial charge in [-0.1, -0.05) is 30.3 Å². The van der Waals surface area contributed by atoms with E-state index >= 15 is 0 Å². The first kappa shape index (κ1) is 27.7. The average Bonchev–Trinajstić information content (AvgIpc) is 3.43. The van der Waals surface area contributed by atoms with E-state index in [2.05, 4.69) is 26.2 Å². The Morgan fingerprint density at radius 1 is 1.03 bits per heavy atom. The van der Waals surface area contributed by atoms with Gasteiger partial charge in [-0.2, -0.15) is 5.26 Å². The van der Waals surface area contributed by atoms with Crippen molar-refractivity contribution in [3.8, 4) is 40.3 Å². The van der Waals surface area contributed by atoms with Crippen LogP contribution in [0.25, 0.3) is 17.3 Å². The van der Waals surface area contributed by atoms with E-state index < -0.39 is 5.91 Å². The zero-order chi connectivity index (χ0) is 27.6. The zero-order valence-electron chi connectivity index (χ0n) is 21.1. The predicted molar refractivity (Wildman–Crippen MR) is 154 cm³/mol. The normalized spacial score (nSPS) is 10.9. The highest BCUT2D eigenvalue weighted by Gasteiger charge is 2.15. The fourth-order valence-electron chi connectivity index (χ4n) is 3.49. The molecule has 39 heavy (non-hydrogen) atoms. The number of benzene rings is 3. The molecule has 0 saturated carbocycles. The summed E-state index contributed by atoms with van der Waals surface area (Å²) < 4.78 is 22.8. The van der Waals surface area contributed by atoms with Gasteiger partial charge in [-0.25, -0.2) is 4.98 Å². The number of methoxy groups -OCH3 is 2. The van der Waals surface area contributed by atoms with Gasteiger partial charge in [-0.05, 0) is 64.0 Å². The molecule has 0 spiro atoms. The number of ether oxygens (including phenoxy) is 4. The smallest absolute Gasteiger partial charge is 0.268 e. The molecular formula is C29H24BrN3O5S. The molecule has 0 unspecified atom stereocenters. The van der Waals surface area contributed by atoms with Crippen LogP contribution in [0.2, 0.25) is 0 Å². The number of carbonyl (C=O) groups is 1. The van der Waals surface area contributed by atoms with Gasteiger partial charge in [-0.15, -0.1) is 11.3 Å². The van der Waals surface area contributed by atoms with Gasteiger partial charge in [0.05, 0.1) is 24.4 Å². The molecule has 1 aromatic heterocycles. The van der Waals surface area contributed by atoms with E-state index in [1.807, 2.05) is 66.0 Å². The first-order valence-electron chi connectivity index (χ1n) is 11.7. The minimum absolute atomic E-state index is 0.0815. The van der Waals surface area contributed by atoms with Crippen LogP contribution in [0.15, 0.2) is 82.2 Å². The number of nitrogens with zero attached hydrogens (tertiary/aromatic N) is 2. The van der Waals surface area contributed by atoms with Gasteiger partial charge in [0.25, 0.3) is 5.91 Å². The Balaban J connectivity index is 1.40. The van der Waals surface area contributed by atoms with Crippen molar-refractivity contribution >= 4 is 44.4 Å². The first-order chi connectivity index (χ1) is 19.0. The largest absolute Gasteiger partial charge is 0.497 e. The van der Waals surface area contributed by atoms with Crippen molar-refractivity contribution in [3.05, 3.63) is 87.7 Å². The minimum atomic E-state index is -0.558. The van der Waals surface area contributed by atoms with Crippen molar-refractivity contribution in [2.75, 3.05) is 32.8 Å². The van der Waals surface area contributed by atoms with Crippen LogP contribution in [0.1, 0.15) is 5.56 Å². The number of rotatable bonds is 11. The molecule has 1 amide bonds. The highest BCUT2D eigenvalue weighted by atomic mass is 79.9. The van der Waals surface area contributed by atoms with Crippen LogP contribution in [0.4, 0.5) is 5.13 Å². The van der Waals surface area contributed by atoms with E-state index in [4.69, 9.17) is 18.9 Å². The number of amides is 1. The second kappa shape index (κ2) is 13.5.